The van der Waals surface area contributed by atoms with Gasteiger partial charge >= 0.3 is 0 Å². The first-order valence-electron chi connectivity index (χ1n) is 8.91. The molecule has 0 saturated carbocycles. The highest BCUT2D eigenvalue weighted by atomic mass is 32.1. The standard InChI is InChI=1S/C20H18FN5S/c1-25-5-7-26(8-6-25)14-10-16(19(21)23-11-14)18-17-15(13-3-9-27-12-13)2-4-22-20(17)24-18/h2-4,9-12H,5-8H2,1H3. The fourth-order valence-corrected chi connectivity index (χ4v) is 4.23. The molecule has 0 aliphatic carbocycles. The fraction of sp³-hybridized carbons (Fsp3) is 0.250. The van der Waals surface area contributed by atoms with Crippen LogP contribution < -0.4 is 4.90 Å². The largest absolute Gasteiger partial charge is 0.368 e. The van der Waals surface area contributed by atoms with Gasteiger partial charge in [0, 0.05) is 32.4 Å². The molecule has 3 aromatic heterocycles. The van der Waals surface area contributed by atoms with Gasteiger partial charge in [-0.2, -0.15) is 15.7 Å². The van der Waals surface area contributed by atoms with Crippen LogP contribution in [0.15, 0.2) is 46.3 Å². The number of aliphatic imine (C=N–C) groups is 1. The van der Waals surface area contributed by atoms with Crippen molar-refractivity contribution < 1.29 is 4.39 Å². The Kier molecular flexibility index (Phi) is 3.98. The second-order valence-electron chi connectivity index (χ2n) is 6.85. The Labute approximate surface area is 160 Å². The lowest BCUT2D eigenvalue weighted by Gasteiger charge is -2.34. The Morgan fingerprint density at radius 3 is 2.70 bits per heavy atom. The maximum Gasteiger partial charge on any atom is 0.222 e. The van der Waals surface area contributed by atoms with Crippen molar-refractivity contribution in [2.24, 2.45) is 4.99 Å². The van der Waals surface area contributed by atoms with Crippen LogP contribution in [-0.2, 0) is 0 Å². The number of fused-ring (bicyclic) bond motifs is 1. The van der Waals surface area contributed by atoms with Crippen LogP contribution in [0, 0.1) is 5.95 Å². The fourth-order valence-electron chi connectivity index (χ4n) is 3.57. The van der Waals surface area contributed by atoms with Gasteiger partial charge in [0.05, 0.1) is 28.7 Å². The number of rotatable bonds is 3. The molecule has 5 rings (SSSR count). The van der Waals surface area contributed by atoms with E-state index in [9.17, 15) is 4.39 Å². The monoisotopic (exact) mass is 379 g/mol. The van der Waals surface area contributed by atoms with Gasteiger partial charge < -0.3 is 9.80 Å². The molecule has 5 heterocycles. The van der Waals surface area contributed by atoms with Crippen LogP contribution in [0.3, 0.4) is 0 Å². The van der Waals surface area contributed by atoms with E-state index in [0.29, 0.717) is 17.1 Å². The molecule has 7 heteroatoms. The van der Waals surface area contributed by atoms with Crippen LogP contribution in [0.5, 0.6) is 0 Å². The molecule has 0 N–H and O–H groups in total. The van der Waals surface area contributed by atoms with Crippen molar-refractivity contribution in [2.45, 2.75) is 0 Å². The van der Waals surface area contributed by atoms with Gasteiger partial charge in [0.1, 0.15) is 0 Å². The zero-order valence-corrected chi connectivity index (χ0v) is 15.7. The number of anilines is 1. The summed E-state index contributed by atoms with van der Waals surface area (Å²) >= 11 is 1.64. The summed E-state index contributed by atoms with van der Waals surface area (Å²) in [4.78, 5) is 17.4. The average Bonchev–Trinajstić information content (AvgIpc) is 3.19. The van der Waals surface area contributed by atoms with Crippen molar-refractivity contribution in [2.75, 3.05) is 38.1 Å². The predicted octanol–water partition coefficient (Wildman–Crippen LogP) is 3.58. The summed E-state index contributed by atoms with van der Waals surface area (Å²) in [5.74, 6) is 0.176. The number of likely N-dealkylation sites (N-methyl/N-ethyl adjacent to an activating group) is 1. The highest BCUT2D eigenvalue weighted by Crippen LogP contribution is 2.39. The van der Waals surface area contributed by atoms with Gasteiger partial charge in [-0.25, -0.2) is 15.0 Å². The second kappa shape index (κ2) is 6.51. The Balaban J connectivity index is 1.53. The molecule has 3 aromatic rings. The minimum Gasteiger partial charge on any atom is -0.368 e. The number of halogens is 1. The molecule has 0 amide bonds. The molecular formula is C20H18FN5S. The van der Waals surface area contributed by atoms with E-state index < -0.39 is 5.95 Å². The lowest BCUT2D eigenvalue weighted by atomic mass is 9.92. The van der Waals surface area contributed by atoms with E-state index in [1.54, 1.807) is 23.7 Å². The third kappa shape index (κ3) is 2.83. The van der Waals surface area contributed by atoms with E-state index in [0.717, 1.165) is 48.6 Å². The summed E-state index contributed by atoms with van der Waals surface area (Å²) in [5, 5.41) is 4.12. The smallest absolute Gasteiger partial charge is 0.222 e. The van der Waals surface area contributed by atoms with Crippen LogP contribution in [0.25, 0.3) is 11.1 Å². The quantitative estimate of drug-likeness (QED) is 0.511. The average molecular weight is 379 g/mol. The van der Waals surface area contributed by atoms with E-state index in [1.807, 2.05) is 17.5 Å². The summed E-state index contributed by atoms with van der Waals surface area (Å²) in [7, 11) is 2.12. The maximum absolute atomic E-state index is 14.6. The molecule has 0 atom stereocenters. The molecule has 1 fully saturated rings. The Hall–Kier alpha value is -2.64. The summed E-state index contributed by atoms with van der Waals surface area (Å²) in [6.07, 6.45) is 3.37. The van der Waals surface area contributed by atoms with Crippen LogP contribution in [0.1, 0.15) is 11.1 Å². The van der Waals surface area contributed by atoms with Crippen molar-refractivity contribution in [1.82, 2.24) is 14.9 Å². The van der Waals surface area contributed by atoms with Gasteiger partial charge in [-0.15, -0.1) is 0 Å². The number of hydrogen-bond donors (Lipinski definition) is 0. The van der Waals surface area contributed by atoms with Crippen molar-refractivity contribution >= 4 is 28.6 Å². The minimum absolute atomic E-state index is 0.448. The van der Waals surface area contributed by atoms with Crippen molar-refractivity contribution in [3.63, 3.8) is 0 Å². The topological polar surface area (TPSA) is 44.6 Å². The highest BCUT2D eigenvalue weighted by Gasteiger charge is 2.29. The third-order valence-electron chi connectivity index (χ3n) is 5.17. The molecule has 136 valence electrons. The van der Waals surface area contributed by atoms with E-state index in [-0.39, 0.29) is 0 Å². The Bertz CT molecular complexity index is 1020. The number of nitrogens with zero attached hydrogens (tertiary/aromatic N) is 5. The van der Waals surface area contributed by atoms with E-state index in [1.165, 1.54) is 0 Å². The molecule has 27 heavy (non-hydrogen) atoms. The number of pyridine rings is 2. The van der Waals surface area contributed by atoms with Gasteiger partial charge in [0.25, 0.3) is 0 Å². The van der Waals surface area contributed by atoms with Gasteiger partial charge in [-0.05, 0) is 47.1 Å². The van der Waals surface area contributed by atoms with E-state index >= 15 is 0 Å². The molecule has 0 unspecified atom stereocenters. The lowest BCUT2D eigenvalue weighted by molar-refractivity contribution is 0.312. The van der Waals surface area contributed by atoms with E-state index in [4.69, 9.17) is 0 Å². The SMILES string of the molecule is CN1CCN(c2cnc(F)c(C3=Nc4nccc(-c5ccsc5)c43)c2)CC1. The molecule has 1 saturated heterocycles. The van der Waals surface area contributed by atoms with Gasteiger partial charge in [-0.3, -0.25) is 0 Å². The first kappa shape index (κ1) is 16.5. The molecule has 2 aliphatic heterocycles. The molecule has 5 nitrogen and oxygen atoms in total. The molecule has 2 aliphatic rings. The summed E-state index contributed by atoms with van der Waals surface area (Å²) in [6, 6.07) is 5.90. The normalized spacial score (nSPS) is 16.7. The zero-order valence-electron chi connectivity index (χ0n) is 14.9. The first-order valence-corrected chi connectivity index (χ1v) is 9.85. The number of piperazine rings is 1. The predicted molar refractivity (Wildman–Crippen MR) is 107 cm³/mol. The summed E-state index contributed by atoms with van der Waals surface area (Å²) < 4.78 is 14.6. The van der Waals surface area contributed by atoms with Crippen LogP contribution in [0.2, 0.25) is 0 Å². The zero-order chi connectivity index (χ0) is 18.4. The molecule has 0 spiro atoms. The lowest BCUT2D eigenvalue weighted by Crippen LogP contribution is -2.44. The summed E-state index contributed by atoms with van der Waals surface area (Å²) in [5.41, 5.74) is 5.08. The Morgan fingerprint density at radius 2 is 1.93 bits per heavy atom. The first-order chi connectivity index (χ1) is 13.2. The van der Waals surface area contributed by atoms with Gasteiger partial charge in [-0.1, -0.05) is 0 Å². The second-order valence-corrected chi connectivity index (χ2v) is 7.63. The number of aromatic nitrogens is 2. The van der Waals surface area contributed by atoms with Crippen LogP contribution >= 0.6 is 11.3 Å². The third-order valence-corrected chi connectivity index (χ3v) is 5.85. The van der Waals surface area contributed by atoms with Crippen LogP contribution in [0.4, 0.5) is 15.9 Å². The maximum atomic E-state index is 14.6. The van der Waals surface area contributed by atoms with Gasteiger partial charge in [0.15, 0.2) is 5.82 Å². The Morgan fingerprint density at radius 1 is 1.07 bits per heavy atom. The van der Waals surface area contributed by atoms with Gasteiger partial charge in [0.2, 0.25) is 5.95 Å². The minimum atomic E-state index is -0.489. The molecule has 0 radical (unpaired) electrons. The highest BCUT2D eigenvalue weighted by molar-refractivity contribution is 7.08. The molecular weight excluding hydrogens is 361 g/mol. The summed E-state index contributed by atoms with van der Waals surface area (Å²) in [6.45, 7) is 3.80. The number of hydrogen-bond acceptors (Lipinski definition) is 6. The molecule has 0 aromatic carbocycles. The van der Waals surface area contributed by atoms with Crippen molar-refractivity contribution in [1.29, 1.82) is 0 Å². The van der Waals surface area contributed by atoms with Crippen molar-refractivity contribution in [3.05, 3.63) is 58.4 Å². The van der Waals surface area contributed by atoms with Crippen molar-refractivity contribution in [3.8, 4) is 11.1 Å². The number of thiophene rings is 1. The van der Waals surface area contributed by atoms with E-state index in [2.05, 4.69) is 43.3 Å². The molecule has 0 bridgehead atoms. The van der Waals surface area contributed by atoms with Crippen LogP contribution in [-0.4, -0.2) is 53.8 Å².